The lowest BCUT2D eigenvalue weighted by atomic mass is 10.1. The summed E-state index contributed by atoms with van der Waals surface area (Å²) in [6.45, 7) is 0. The normalized spacial score (nSPS) is 13.9. The molecule has 0 fully saturated rings. The molecular weight excluding hydrogens is 500 g/mol. The lowest BCUT2D eigenvalue weighted by Crippen LogP contribution is -2.57. The van der Waals surface area contributed by atoms with E-state index in [-0.39, 0.29) is 12.8 Å². The van der Waals surface area contributed by atoms with Crippen LogP contribution in [0, 0.1) is 0 Å². The lowest BCUT2D eigenvalue weighted by molar-refractivity contribution is -0.147. The minimum atomic E-state index is -1.82. The Labute approximate surface area is 208 Å². The van der Waals surface area contributed by atoms with E-state index in [2.05, 4.69) is 20.6 Å². The molecule has 0 saturated carbocycles. The lowest BCUT2D eigenvalue weighted by Gasteiger charge is -2.24. The minimum Gasteiger partial charge on any atom is -0.481 e. The number of aromatic nitrogens is 2. The summed E-state index contributed by atoms with van der Waals surface area (Å²) in [4.78, 5) is 88.5. The van der Waals surface area contributed by atoms with Gasteiger partial charge in [-0.2, -0.15) is 0 Å². The third-order valence-corrected chi connectivity index (χ3v) is 4.89. The van der Waals surface area contributed by atoms with E-state index in [1.54, 1.807) is 0 Å². The zero-order valence-electron chi connectivity index (χ0n) is 19.4. The van der Waals surface area contributed by atoms with Crippen LogP contribution < -0.4 is 21.7 Å². The van der Waals surface area contributed by atoms with Crippen molar-refractivity contribution in [1.29, 1.82) is 0 Å². The molecule has 0 bridgehead atoms. The molecule has 17 heteroatoms. The van der Waals surface area contributed by atoms with Crippen LogP contribution in [0.25, 0.3) is 0 Å². The summed E-state index contributed by atoms with van der Waals surface area (Å²) in [5.41, 5.74) is 5.96. The quantitative estimate of drug-likeness (QED) is 0.0976. The first-order chi connectivity index (χ1) is 17.3. The van der Waals surface area contributed by atoms with E-state index in [1.807, 2.05) is 5.32 Å². The van der Waals surface area contributed by atoms with Gasteiger partial charge in [-0.05, 0) is 12.8 Å². The number of nitrogens with one attached hydrogen (secondary N) is 4. The molecule has 17 nitrogen and oxygen atoms in total. The number of aromatic amines is 1. The van der Waals surface area contributed by atoms with Crippen molar-refractivity contribution < 1.29 is 54.0 Å². The van der Waals surface area contributed by atoms with Gasteiger partial charge in [0.1, 0.15) is 18.1 Å². The van der Waals surface area contributed by atoms with Gasteiger partial charge in [-0.1, -0.05) is 0 Å². The zero-order chi connectivity index (χ0) is 28.1. The second kappa shape index (κ2) is 14.8. The second-order valence-electron chi connectivity index (χ2n) is 7.87. The molecule has 204 valence electrons. The summed E-state index contributed by atoms with van der Waals surface area (Å²) in [6, 6.07) is -6.15. The van der Waals surface area contributed by atoms with Crippen molar-refractivity contribution in [2.24, 2.45) is 5.73 Å². The Morgan fingerprint density at radius 3 is 1.84 bits per heavy atom. The SMILES string of the molecule is NC(CCC(=O)O)C(=O)NC(CCC(=O)O)C(=O)NC(Cc1cnc[nH]1)C(=O)NC(CC(=O)O)C(=O)O. The fourth-order valence-electron chi connectivity index (χ4n) is 2.97. The molecule has 0 saturated heterocycles. The highest BCUT2D eigenvalue weighted by molar-refractivity contribution is 5.95. The highest BCUT2D eigenvalue weighted by Crippen LogP contribution is 2.06. The van der Waals surface area contributed by atoms with Gasteiger partial charge in [0.05, 0.1) is 18.8 Å². The van der Waals surface area contributed by atoms with Gasteiger partial charge in [0.2, 0.25) is 17.7 Å². The maximum absolute atomic E-state index is 13.0. The number of carbonyl (C=O) groups is 7. The van der Waals surface area contributed by atoms with Gasteiger partial charge in [0.25, 0.3) is 0 Å². The molecule has 4 unspecified atom stereocenters. The Balaban J connectivity index is 3.08. The second-order valence-corrected chi connectivity index (χ2v) is 7.87. The van der Waals surface area contributed by atoms with Crippen LogP contribution in [0.4, 0.5) is 0 Å². The number of nitrogens with zero attached hydrogens (tertiary/aromatic N) is 1. The number of nitrogens with two attached hydrogens (primary N) is 1. The largest absolute Gasteiger partial charge is 0.481 e. The van der Waals surface area contributed by atoms with Gasteiger partial charge in [0, 0.05) is 31.2 Å². The predicted molar refractivity (Wildman–Crippen MR) is 120 cm³/mol. The monoisotopic (exact) mass is 528 g/mol. The molecule has 0 aliphatic rings. The Kier molecular flexibility index (Phi) is 12.2. The minimum absolute atomic E-state index is 0.255. The Hall–Kier alpha value is -4.54. The van der Waals surface area contributed by atoms with Crippen molar-refractivity contribution >= 4 is 41.6 Å². The van der Waals surface area contributed by atoms with Crippen molar-refractivity contribution in [3.05, 3.63) is 18.2 Å². The molecule has 10 N–H and O–H groups in total. The van der Waals surface area contributed by atoms with Gasteiger partial charge in [-0.3, -0.25) is 28.8 Å². The molecule has 1 heterocycles. The Morgan fingerprint density at radius 2 is 1.32 bits per heavy atom. The number of carboxylic acid groups (broad SMARTS) is 4. The first-order valence-corrected chi connectivity index (χ1v) is 10.8. The molecule has 4 atom stereocenters. The molecule has 37 heavy (non-hydrogen) atoms. The van der Waals surface area contributed by atoms with Crippen molar-refractivity contribution in [2.75, 3.05) is 0 Å². The fraction of sp³-hybridized carbons (Fsp3) is 0.500. The van der Waals surface area contributed by atoms with Gasteiger partial charge < -0.3 is 47.1 Å². The van der Waals surface area contributed by atoms with E-state index in [1.165, 1.54) is 12.5 Å². The molecular formula is C20H28N6O11. The van der Waals surface area contributed by atoms with E-state index in [9.17, 15) is 38.7 Å². The van der Waals surface area contributed by atoms with Gasteiger partial charge in [-0.25, -0.2) is 9.78 Å². The first-order valence-electron chi connectivity index (χ1n) is 10.8. The molecule has 0 radical (unpaired) electrons. The number of hydrogen-bond donors (Lipinski definition) is 9. The van der Waals surface area contributed by atoms with Gasteiger partial charge >= 0.3 is 23.9 Å². The molecule has 1 aromatic rings. The molecule has 1 aromatic heterocycles. The van der Waals surface area contributed by atoms with Crippen molar-refractivity contribution in [3.63, 3.8) is 0 Å². The highest BCUT2D eigenvalue weighted by atomic mass is 16.4. The topological polar surface area (TPSA) is 291 Å². The van der Waals surface area contributed by atoms with Crippen LogP contribution in [0.3, 0.4) is 0 Å². The molecule has 0 aromatic carbocycles. The van der Waals surface area contributed by atoms with Crippen LogP contribution in [0.2, 0.25) is 0 Å². The Bertz CT molecular complexity index is 997. The summed E-state index contributed by atoms with van der Waals surface area (Å²) in [5, 5.41) is 42.3. The van der Waals surface area contributed by atoms with E-state index in [4.69, 9.17) is 21.1 Å². The molecule has 0 aliphatic carbocycles. The number of carboxylic acids is 4. The smallest absolute Gasteiger partial charge is 0.326 e. The number of hydrogen-bond acceptors (Lipinski definition) is 9. The summed E-state index contributed by atoms with van der Waals surface area (Å²) in [6.07, 6.45) is -0.318. The molecule has 0 spiro atoms. The van der Waals surface area contributed by atoms with Crippen LogP contribution in [-0.4, -0.2) is 96.2 Å². The number of imidazole rings is 1. The summed E-state index contributed by atoms with van der Waals surface area (Å²) in [5.74, 6) is -8.68. The predicted octanol–water partition coefficient (Wildman–Crippen LogP) is -2.98. The molecule has 0 aliphatic heterocycles. The van der Waals surface area contributed by atoms with Crippen LogP contribution in [0.5, 0.6) is 0 Å². The fourth-order valence-corrected chi connectivity index (χ4v) is 2.97. The van der Waals surface area contributed by atoms with E-state index in [0.29, 0.717) is 5.69 Å². The highest BCUT2D eigenvalue weighted by Gasteiger charge is 2.31. The standard InChI is InChI=1S/C20H28N6O11/c21-10(1-3-14(27)28)17(33)24-11(2-4-15(29)30)18(34)25-12(5-9-7-22-8-23-9)19(35)26-13(20(36)37)6-16(31)32/h7-8,10-13H,1-6,21H2,(H,22,23)(H,24,33)(H,25,34)(H,26,35)(H,27,28)(H,29,30)(H,31,32)(H,36,37). The van der Waals surface area contributed by atoms with Crippen LogP contribution in [0.15, 0.2) is 12.5 Å². The maximum Gasteiger partial charge on any atom is 0.326 e. The van der Waals surface area contributed by atoms with Crippen LogP contribution in [0.1, 0.15) is 37.8 Å². The van der Waals surface area contributed by atoms with Crippen molar-refractivity contribution in [2.45, 2.75) is 62.7 Å². The number of rotatable bonds is 17. The number of amides is 3. The summed E-state index contributed by atoms with van der Waals surface area (Å²) >= 11 is 0. The van der Waals surface area contributed by atoms with Crippen LogP contribution in [-0.2, 0) is 40.0 Å². The van der Waals surface area contributed by atoms with Crippen molar-refractivity contribution in [3.8, 4) is 0 Å². The van der Waals surface area contributed by atoms with E-state index < -0.39 is 91.4 Å². The zero-order valence-corrected chi connectivity index (χ0v) is 19.4. The Morgan fingerprint density at radius 1 is 0.784 bits per heavy atom. The van der Waals surface area contributed by atoms with E-state index in [0.717, 1.165) is 0 Å². The summed E-state index contributed by atoms with van der Waals surface area (Å²) in [7, 11) is 0. The average Bonchev–Trinajstić information content (AvgIpc) is 3.31. The van der Waals surface area contributed by atoms with Crippen LogP contribution >= 0.6 is 0 Å². The average molecular weight is 528 g/mol. The molecule has 3 amide bonds. The third-order valence-electron chi connectivity index (χ3n) is 4.89. The van der Waals surface area contributed by atoms with E-state index >= 15 is 0 Å². The van der Waals surface area contributed by atoms with Gasteiger partial charge in [-0.15, -0.1) is 0 Å². The first kappa shape index (κ1) is 30.5. The molecule has 1 rings (SSSR count). The maximum atomic E-state index is 13.0. The summed E-state index contributed by atoms with van der Waals surface area (Å²) < 4.78 is 0. The number of H-pyrrole nitrogens is 1. The van der Waals surface area contributed by atoms with Crippen molar-refractivity contribution in [1.82, 2.24) is 25.9 Å². The third kappa shape index (κ3) is 11.6. The van der Waals surface area contributed by atoms with Gasteiger partial charge in [0.15, 0.2) is 0 Å². The number of carbonyl (C=O) groups excluding carboxylic acids is 3. The number of aliphatic carboxylic acids is 4.